The first kappa shape index (κ1) is 22.8. The topological polar surface area (TPSA) is 68.1 Å². The Bertz CT molecular complexity index is 1150. The van der Waals surface area contributed by atoms with E-state index in [-0.39, 0.29) is 17.4 Å². The Labute approximate surface area is 192 Å². The number of pyridine rings is 1. The Morgan fingerprint density at radius 1 is 1.15 bits per heavy atom. The highest BCUT2D eigenvalue weighted by molar-refractivity contribution is 7.92. The van der Waals surface area contributed by atoms with Crippen LogP contribution < -0.4 is 0 Å². The van der Waals surface area contributed by atoms with E-state index >= 15 is 0 Å². The molecule has 3 fully saturated rings. The molecule has 0 bridgehead atoms. The molecule has 2 atom stereocenters. The molecule has 2 saturated heterocycles. The molecule has 33 heavy (non-hydrogen) atoms. The minimum absolute atomic E-state index is 0.0414. The van der Waals surface area contributed by atoms with Gasteiger partial charge in [0.2, 0.25) is 0 Å². The van der Waals surface area contributed by atoms with Gasteiger partial charge >= 0.3 is 6.18 Å². The smallest absolute Gasteiger partial charge is 0.300 e. The van der Waals surface area contributed by atoms with E-state index in [2.05, 4.69) is 15.0 Å². The summed E-state index contributed by atoms with van der Waals surface area (Å²) in [5, 5.41) is 4.66. The zero-order chi connectivity index (χ0) is 23.6. The number of likely N-dealkylation sites (tertiary alicyclic amines) is 1. The quantitative estimate of drug-likeness (QED) is 0.650. The highest BCUT2D eigenvalue weighted by atomic mass is 32.2. The van der Waals surface area contributed by atoms with Gasteiger partial charge in [0.25, 0.3) is 0 Å². The normalized spacial score (nSPS) is 26.8. The second-order valence-corrected chi connectivity index (χ2v) is 12.4. The van der Waals surface area contributed by atoms with E-state index < -0.39 is 21.6 Å². The summed E-state index contributed by atoms with van der Waals surface area (Å²) < 4.78 is 64.8. The summed E-state index contributed by atoms with van der Waals surface area (Å²) in [7, 11) is -2.84. The molecule has 2 aromatic rings. The molecule has 0 radical (unpaired) electrons. The van der Waals surface area contributed by atoms with Gasteiger partial charge in [-0.15, -0.1) is 0 Å². The molecule has 0 aromatic carbocycles. The predicted octanol–water partition coefficient (Wildman–Crippen LogP) is 4.30. The summed E-state index contributed by atoms with van der Waals surface area (Å²) >= 11 is 0. The van der Waals surface area contributed by atoms with Crippen LogP contribution in [0.2, 0.25) is 0 Å². The van der Waals surface area contributed by atoms with Gasteiger partial charge in [-0.3, -0.25) is 14.6 Å². The van der Waals surface area contributed by atoms with Crippen molar-refractivity contribution < 1.29 is 21.6 Å². The second-order valence-electron chi connectivity index (χ2n) is 10.4. The Balaban J connectivity index is 1.34. The van der Waals surface area contributed by atoms with Crippen molar-refractivity contribution >= 4 is 9.84 Å². The van der Waals surface area contributed by atoms with Crippen LogP contribution in [-0.2, 0) is 16.0 Å². The van der Waals surface area contributed by atoms with E-state index in [1.54, 1.807) is 0 Å². The molecule has 2 aliphatic heterocycles. The van der Waals surface area contributed by atoms with Gasteiger partial charge in [-0.05, 0) is 58.2 Å². The number of aromatic nitrogens is 3. The minimum atomic E-state index is -4.45. The lowest BCUT2D eigenvalue weighted by molar-refractivity contribution is -0.137. The van der Waals surface area contributed by atoms with Crippen LogP contribution in [0.3, 0.4) is 0 Å². The molecular weight excluding hydrogens is 453 g/mol. The van der Waals surface area contributed by atoms with Crippen molar-refractivity contribution in [1.82, 2.24) is 19.7 Å². The summed E-state index contributed by atoms with van der Waals surface area (Å²) in [6.07, 6.45) is 1.76. The highest BCUT2D eigenvalue weighted by Gasteiger charge is 2.53. The van der Waals surface area contributed by atoms with Crippen LogP contribution in [0.1, 0.15) is 62.7 Å². The fourth-order valence-corrected chi connectivity index (χ4v) is 8.22. The van der Waals surface area contributed by atoms with Gasteiger partial charge in [0, 0.05) is 53.6 Å². The van der Waals surface area contributed by atoms with Crippen LogP contribution in [-0.4, -0.2) is 58.7 Å². The molecular formula is C23H29F3N4O2S. The van der Waals surface area contributed by atoms with Crippen molar-refractivity contribution in [1.29, 1.82) is 0 Å². The predicted molar refractivity (Wildman–Crippen MR) is 119 cm³/mol. The number of sulfone groups is 1. The molecule has 1 saturated carbocycles. The van der Waals surface area contributed by atoms with Crippen LogP contribution in [0.25, 0.3) is 11.3 Å². The zero-order valence-electron chi connectivity index (χ0n) is 18.8. The van der Waals surface area contributed by atoms with Crippen molar-refractivity contribution in [2.24, 2.45) is 5.41 Å². The summed E-state index contributed by atoms with van der Waals surface area (Å²) in [4.78, 5) is 6.25. The number of alkyl halides is 3. The van der Waals surface area contributed by atoms with Crippen LogP contribution >= 0.6 is 0 Å². The van der Waals surface area contributed by atoms with Gasteiger partial charge in [-0.1, -0.05) is 0 Å². The molecule has 1 aliphatic carbocycles. The molecule has 0 amide bonds. The number of hydrogen-bond donors (Lipinski definition) is 0. The van der Waals surface area contributed by atoms with Crippen molar-refractivity contribution in [2.45, 2.75) is 63.7 Å². The summed E-state index contributed by atoms with van der Waals surface area (Å²) in [5.74, 6) is 0.918. The molecule has 1 spiro atoms. The monoisotopic (exact) mass is 482 g/mol. The van der Waals surface area contributed by atoms with Crippen molar-refractivity contribution in [3.05, 3.63) is 35.8 Å². The average molecular weight is 483 g/mol. The Morgan fingerprint density at radius 3 is 2.58 bits per heavy atom. The third-order valence-electron chi connectivity index (χ3n) is 7.47. The van der Waals surface area contributed by atoms with Gasteiger partial charge in [-0.2, -0.15) is 18.3 Å². The van der Waals surface area contributed by atoms with Crippen molar-refractivity contribution in [2.75, 3.05) is 24.6 Å². The molecule has 2 aromatic heterocycles. The maximum atomic E-state index is 13.2. The van der Waals surface area contributed by atoms with E-state index in [0.717, 1.165) is 56.7 Å². The van der Waals surface area contributed by atoms with Crippen molar-refractivity contribution in [3.8, 4) is 11.3 Å². The van der Waals surface area contributed by atoms with E-state index in [9.17, 15) is 21.6 Å². The molecule has 0 N–H and O–H groups in total. The van der Waals surface area contributed by atoms with Gasteiger partial charge in [0.05, 0.1) is 22.8 Å². The average Bonchev–Trinajstić information content (AvgIpc) is 3.44. The SMILES string of the molecule is CC(C)n1nc(-c2cncc(C(F)(F)F)c2)cc1[C@@H]1CCC(N2CCC3(C2)CS(=O)(=O)C3)C1. The van der Waals surface area contributed by atoms with Crippen LogP contribution in [0.15, 0.2) is 24.5 Å². The standard InChI is InChI=1S/C23H29F3N4O2S/c1-15(2)30-21(9-20(28-30)17-7-18(11-27-10-17)23(24,25)26)16-3-4-19(8-16)29-6-5-22(12-29)13-33(31,32)14-22/h7,9-11,15-16,19H,3-6,8,12-14H2,1-2H3/t16-,19?/m1/s1. The Kier molecular flexibility index (Phi) is 5.39. The van der Waals surface area contributed by atoms with E-state index in [0.29, 0.717) is 28.8 Å². The maximum absolute atomic E-state index is 13.2. The van der Waals surface area contributed by atoms with E-state index in [1.165, 1.54) is 6.20 Å². The lowest BCUT2D eigenvalue weighted by Crippen LogP contribution is -2.50. The summed E-state index contributed by atoms with van der Waals surface area (Å²) in [6, 6.07) is 3.53. The number of hydrogen-bond acceptors (Lipinski definition) is 5. The van der Waals surface area contributed by atoms with Gasteiger partial charge in [-0.25, -0.2) is 8.42 Å². The number of rotatable bonds is 4. The number of halogens is 3. The molecule has 6 nitrogen and oxygen atoms in total. The molecule has 3 aliphatic rings. The van der Waals surface area contributed by atoms with Gasteiger partial charge in [0.15, 0.2) is 9.84 Å². The first-order chi connectivity index (χ1) is 15.4. The van der Waals surface area contributed by atoms with Crippen LogP contribution in [0, 0.1) is 5.41 Å². The highest BCUT2D eigenvalue weighted by Crippen LogP contribution is 2.46. The molecule has 5 rings (SSSR count). The third kappa shape index (κ3) is 4.32. The molecule has 1 unspecified atom stereocenters. The first-order valence-electron chi connectivity index (χ1n) is 11.5. The molecule has 180 valence electrons. The maximum Gasteiger partial charge on any atom is 0.417 e. The van der Waals surface area contributed by atoms with Crippen LogP contribution in [0.4, 0.5) is 13.2 Å². The summed E-state index contributed by atoms with van der Waals surface area (Å²) in [6.45, 7) is 5.85. The zero-order valence-corrected chi connectivity index (χ0v) is 19.7. The van der Waals surface area contributed by atoms with Gasteiger partial charge in [0.1, 0.15) is 0 Å². The molecule has 4 heterocycles. The third-order valence-corrected chi connectivity index (χ3v) is 9.58. The van der Waals surface area contributed by atoms with E-state index in [4.69, 9.17) is 0 Å². The fourth-order valence-electron chi connectivity index (χ4n) is 5.97. The fraction of sp³-hybridized carbons (Fsp3) is 0.652. The van der Waals surface area contributed by atoms with Crippen LogP contribution in [0.5, 0.6) is 0 Å². The molecule has 10 heteroatoms. The number of nitrogens with zero attached hydrogens (tertiary/aromatic N) is 4. The van der Waals surface area contributed by atoms with Gasteiger partial charge < -0.3 is 0 Å². The lowest BCUT2D eigenvalue weighted by Gasteiger charge is -2.38. The minimum Gasteiger partial charge on any atom is -0.300 e. The largest absolute Gasteiger partial charge is 0.417 e. The second kappa shape index (κ2) is 7.80. The summed E-state index contributed by atoms with van der Waals surface area (Å²) in [5.41, 5.74) is 1.12. The Morgan fingerprint density at radius 2 is 1.91 bits per heavy atom. The first-order valence-corrected chi connectivity index (χ1v) is 13.3. The van der Waals surface area contributed by atoms with E-state index in [1.807, 2.05) is 24.6 Å². The lowest BCUT2D eigenvalue weighted by atomic mass is 9.91. The van der Waals surface area contributed by atoms with Crippen molar-refractivity contribution in [3.63, 3.8) is 0 Å². The Hall–Kier alpha value is -1.94.